The molecule has 0 radical (unpaired) electrons. The summed E-state index contributed by atoms with van der Waals surface area (Å²) in [4.78, 5) is 11.2. The Morgan fingerprint density at radius 3 is 2.56 bits per heavy atom. The molecule has 0 aromatic rings. The Hall–Kier alpha value is -0.810. The van der Waals surface area contributed by atoms with E-state index in [4.69, 9.17) is 15.2 Å². The van der Waals surface area contributed by atoms with Crippen molar-refractivity contribution in [2.45, 2.75) is 45.8 Å². The first-order valence-corrected chi connectivity index (χ1v) is 5.63. The Labute approximate surface area is 97.7 Å². The van der Waals surface area contributed by atoms with Crippen LogP contribution < -0.4 is 11.1 Å². The monoisotopic (exact) mass is 232 g/mol. The highest BCUT2D eigenvalue weighted by molar-refractivity contribution is 5.67. The number of amides is 1. The Bertz CT molecular complexity index is 202. The molecule has 0 aromatic carbocycles. The Morgan fingerprint density at radius 1 is 1.44 bits per heavy atom. The minimum absolute atomic E-state index is 0.130. The molecule has 0 saturated heterocycles. The van der Waals surface area contributed by atoms with Gasteiger partial charge in [0, 0.05) is 6.54 Å². The molecule has 5 nitrogen and oxygen atoms in total. The van der Waals surface area contributed by atoms with E-state index in [1.54, 1.807) is 0 Å². The van der Waals surface area contributed by atoms with Gasteiger partial charge in [-0.05, 0) is 40.7 Å². The van der Waals surface area contributed by atoms with E-state index in [0.717, 1.165) is 6.42 Å². The standard InChI is InChI=1S/C11H24N2O3/c1-9(5-6-12)15-8-7-13-10(14)16-11(2,3)4/h9H,5-8,12H2,1-4H3,(H,13,14). The summed E-state index contributed by atoms with van der Waals surface area (Å²) in [5, 5.41) is 2.62. The molecule has 0 aliphatic rings. The molecule has 1 unspecified atom stereocenters. The van der Waals surface area contributed by atoms with Crippen LogP contribution in [-0.4, -0.2) is 37.5 Å². The molecule has 0 aliphatic carbocycles. The third-order valence-electron chi connectivity index (χ3n) is 1.75. The molecular weight excluding hydrogens is 208 g/mol. The van der Waals surface area contributed by atoms with Gasteiger partial charge in [0.2, 0.25) is 0 Å². The predicted molar refractivity (Wildman–Crippen MR) is 63.3 cm³/mol. The fourth-order valence-electron chi connectivity index (χ4n) is 1.05. The Kier molecular flexibility index (Phi) is 7.08. The van der Waals surface area contributed by atoms with E-state index in [1.807, 2.05) is 27.7 Å². The van der Waals surface area contributed by atoms with Gasteiger partial charge in [0.25, 0.3) is 0 Å². The normalized spacial score (nSPS) is 13.3. The van der Waals surface area contributed by atoms with Crippen molar-refractivity contribution in [1.82, 2.24) is 5.32 Å². The third kappa shape index (κ3) is 9.73. The van der Waals surface area contributed by atoms with E-state index >= 15 is 0 Å². The van der Waals surface area contributed by atoms with Crippen molar-refractivity contribution in [2.75, 3.05) is 19.7 Å². The molecule has 0 saturated carbocycles. The second kappa shape index (κ2) is 7.46. The van der Waals surface area contributed by atoms with Crippen LogP contribution in [-0.2, 0) is 9.47 Å². The van der Waals surface area contributed by atoms with Crippen LogP contribution in [0.2, 0.25) is 0 Å². The number of carbonyl (C=O) groups is 1. The van der Waals surface area contributed by atoms with Crippen molar-refractivity contribution in [3.8, 4) is 0 Å². The molecule has 0 spiro atoms. The number of hydrogen-bond acceptors (Lipinski definition) is 4. The lowest BCUT2D eigenvalue weighted by molar-refractivity contribution is 0.0423. The molecule has 1 atom stereocenters. The van der Waals surface area contributed by atoms with Crippen molar-refractivity contribution < 1.29 is 14.3 Å². The number of ether oxygens (including phenoxy) is 2. The molecule has 0 rings (SSSR count). The summed E-state index contributed by atoms with van der Waals surface area (Å²) in [6.45, 7) is 8.97. The van der Waals surface area contributed by atoms with Crippen molar-refractivity contribution in [3.63, 3.8) is 0 Å². The minimum Gasteiger partial charge on any atom is -0.444 e. The van der Waals surface area contributed by atoms with Crippen LogP contribution in [0.5, 0.6) is 0 Å². The molecule has 0 fully saturated rings. The molecule has 0 heterocycles. The van der Waals surface area contributed by atoms with Gasteiger partial charge in [0.1, 0.15) is 5.60 Å². The highest BCUT2D eigenvalue weighted by Gasteiger charge is 2.15. The van der Waals surface area contributed by atoms with Crippen LogP contribution in [0.25, 0.3) is 0 Å². The minimum atomic E-state index is -0.461. The van der Waals surface area contributed by atoms with Crippen LogP contribution in [0, 0.1) is 0 Å². The van der Waals surface area contributed by atoms with E-state index in [0.29, 0.717) is 19.7 Å². The van der Waals surface area contributed by atoms with E-state index < -0.39 is 11.7 Å². The lowest BCUT2D eigenvalue weighted by Crippen LogP contribution is -2.34. The zero-order chi connectivity index (χ0) is 12.6. The number of carbonyl (C=O) groups excluding carboxylic acids is 1. The van der Waals surface area contributed by atoms with Gasteiger partial charge in [-0.3, -0.25) is 0 Å². The van der Waals surface area contributed by atoms with E-state index in [2.05, 4.69) is 5.32 Å². The van der Waals surface area contributed by atoms with Gasteiger partial charge in [-0.15, -0.1) is 0 Å². The van der Waals surface area contributed by atoms with Crippen LogP contribution in [0.4, 0.5) is 4.79 Å². The van der Waals surface area contributed by atoms with Gasteiger partial charge in [0.15, 0.2) is 0 Å². The molecule has 0 aromatic heterocycles. The summed E-state index contributed by atoms with van der Waals surface area (Å²) >= 11 is 0. The van der Waals surface area contributed by atoms with Crippen molar-refractivity contribution in [2.24, 2.45) is 5.73 Å². The lowest BCUT2D eigenvalue weighted by atomic mass is 10.2. The zero-order valence-electron chi connectivity index (χ0n) is 10.7. The maximum Gasteiger partial charge on any atom is 0.407 e. The first kappa shape index (κ1) is 15.2. The van der Waals surface area contributed by atoms with Crippen LogP contribution in [0.3, 0.4) is 0 Å². The quantitative estimate of drug-likeness (QED) is 0.676. The molecule has 1 amide bonds. The number of alkyl carbamates (subject to hydrolysis) is 1. The number of nitrogens with one attached hydrogen (secondary N) is 1. The van der Waals surface area contributed by atoms with Crippen molar-refractivity contribution in [3.05, 3.63) is 0 Å². The largest absolute Gasteiger partial charge is 0.444 e. The summed E-state index contributed by atoms with van der Waals surface area (Å²) in [7, 11) is 0. The average molecular weight is 232 g/mol. The third-order valence-corrected chi connectivity index (χ3v) is 1.75. The molecule has 16 heavy (non-hydrogen) atoms. The van der Waals surface area contributed by atoms with Gasteiger partial charge in [0.05, 0.1) is 12.7 Å². The summed E-state index contributed by atoms with van der Waals surface area (Å²) in [6, 6.07) is 0. The van der Waals surface area contributed by atoms with Gasteiger partial charge in [-0.2, -0.15) is 0 Å². The number of rotatable bonds is 6. The fraction of sp³-hybridized carbons (Fsp3) is 0.909. The molecule has 3 N–H and O–H groups in total. The Balaban J connectivity index is 3.48. The smallest absolute Gasteiger partial charge is 0.407 e. The first-order chi connectivity index (χ1) is 7.35. The highest BCUT2D eigenvalue weighted by atomic mass is 16.6. The highest BCUT2D eigenvalue weighted by Crippen LogP contribution is 2.06. The molecule has 0 bridgehead atoms. The van der Waals surface area contributed by atoms with E-state index in [9.17, 15) is 4.79 Å². The zero-order valence-corrected chi connectivity index (χ0v) is 10.7. The molecule has 5 heteroatoms. The molecular formula is C11H24N2O3. The van der Waals surface area contributed by atoms with Crippen LogP contribution in [0.15, 0.2) is 0 Å². The maximum atomic E-state index is 11.2. The number of hydrogen-bond donors (Lipinski definition) is 2. The summed E-state index contributed by atoms with van der Waals surface area (Å²) < 4.78 is 10.5. The second-order valence-corrected chi connectivity index (χ2v) is 4.69. The predicted octanol–water partition coefficient (Wildman–Crippen LogP) is 1.26. The van der Waals surface area contributed by atoms with Gasteiger partial charge >= 0.3 is 6.09 Å². The van der Waals surface area contributed by atoms with E-state index in [-0.39, 0.29) is 6.10 Å². The van der Waals surface area contributed by atoms with E-state index in [1.165, 1.54) is 0 Å². The van der Waals surface area contributed by atoms with Crippen molar-refractivity contribution in [1.29, 1.82) is 0 Å². The number of nitrogens with two attached hydrogens (primary N) is 1. The van der Waals surface area contributed by atoms with Crippen LogP contribution in [0.1, 0.15) is 34.1 Å². The van der Waals surface area contributed by atoms with Gasteiger partial charge in [-0.1, -0.05) is 0 Å². The summed E-state index contributed by atoms with van der Waals surface area (Å²) in [5.74, 6) is 0. The summed E-state index contributed by atoms with van der Waals surface area (Å²) in [6.07, 6.45) is 0.542. The molecule has 0 aliphatic heterocycles. The summed E-state index contributed by atoms with van der Waals surface area (Å²) in [5.41, 5.74) is 4.92. The van der Waals surface area contributed by atoms with Crippen LogP contribution >= 0.6 is 0 Å². The lowest BCUT2D eigenvalue weighted by Gasteiger charge is -2.20. The average Bonchev–Trinajstić information content (AvgIpc) is 2.10. The Morgan fingerprint density at radius 2 is 2.06 bits per heavy atom. The topological polar surface area (TPSA) is 73.6 Å². The maximum absolute atomic E-state index is 11.2. The van der Waals surface area contributed by atoms with Crippen molar-refractivity contribution >= 4 is 6.09 Å². The molecule has 96 valence electrons. The first-order valence-electron chi connectivity index (χ1n) is 5.63. The SMILES string of the molecule is CC(CCN)OCCNC(=O)OC(C)(C)C. The second-order valence-electron chi connectivity index (χ2n) is 4.69. The fourth-order valence-corrected chi connectivity index (χ4v) is 1.05. The van der Waals surface area contributed by atoms with Gasteiger partial charge in [-0.25, -0.2) is 4.79 Å². The van der Waals surface area contributed by atoms with Gasteiger partial charge < -0.3 is 20.5 Å².